The summed E-state index contributed by atoms with van der Waals surface area (Å²) in [5, 5.41) is 0. The molecule has 0 saturated heterocycles. The smallest absolute Gasteiger partial charge is 0.306 e. The van der Waals surface area contributed by atoms with Gasteiger partial charge in [0.15, 0.2) is 6.10 Å². The molecule has 0 aliphatic heterocycles. The van der Waals surface area contributed by atoms with Gasteiger partial charge in [-0.25, -0.2) is 0 Å². The Bertz CT molecular complexity index is 1750. The first-order valence-corrected chi connectivity index (χ1v) is 32.8. The molecule has 0 amide bonds. The third kappa shape index (κ3) is 64.1. The molecule has 0 aliphatic carbocycles. The van der Waals surface area contributed by atoms with E-state index in [0.717, 1.165) is 148 Å². The zero-order chi connectivity index (χ0) is 57.8. The van der Waals surface area contributed by atoms with E-state index in [1.54, 1.807) is 0 Å². The summed E-state index contributed by atoms with van der Waals surface area (Å²) in [5.74, 6) is -0.950. The number of ether oxygens (including phenoxy) is 3. The highest BCUT2D eigenvalue weighted by Gasteiger charge is 2.19. The van der Waals surface area contributed by atoms with E-state index in [9.17, 15) is 14.4 Å². The van der Waals surface area contributed by atoms with Crippen molar-refractivity contribution >= 4 is 17.9 Å². The quantitative estimate of drug-likeness (QED) is 0.0261. The molecule has 0 aromatic carbocycles. The summed E-state index contributed by atoms with van der Waals surface area (Å²) in [6.07, 6.45) is 95.6. The summed E-state index contributed by atoms with van der Waals surface area (Å²) in [7, 11) is 0. The second kappa shape index (κ2) is 66.8. The molecule has 0 aromatic rings. The summed E-state index contributed by atoms with van der Waals surface area (Å²) in [5.41, 5.74) is 0. The molecule has 0 saturated carbocycles. The molecule has 0 rings (SSSR count). The van der Waals surface area contributed by atoms with E-state index < -0.39 is 6.10 Å². The monoisotopic (exact) mass is 1100 g/mol. The molecule has 6 nitrogen and oxygen atoms in total. The number of unbranched alkanes of at least 4 members (excludes halogenated alkanes) is 23. The molecule has 0 aliphatic rings. The Balaban J connectivity index is 4.42. The molecule has 0 N–H and O–H groups in total. The first-order chi connectivity index (χ1) is 39.5. The van der Waals surface area contributed by atoms with Crippen LogP contribution in [0.4, 0.5) is 0 Å². The number of hydrogen-bond acceptors (Lipinski definition) is 6. The second-order valence-corrected chi connectivity index (χ2v) is 21.3. The van der Waals surface area contributed by atoms with Crippen LogP contribution in [-0.4, -0.2) is 37.2 Å². The van der Waals surface area contributed by atoms with E-state index in [2.05, 4.69) is 167 Å². The van der Waals surface area contributed by atoms with Crippen LogP contribution in [0, 0.1) is 0 Å². The lowest BCUT2D eigenvalue weighted by atomic mass is 10.1. The van der Waals surface area contributed by atoms with Gasteiger partial charge in [-0.2, -0.15) is 0 Å². The minimum atomic E-state index is -0.806. The molecule has 452 valence electrons. The Kier molecular flexibility index (Phi) is 62.9. The largest absolute Gasteiger partial charge is 0.462 e. The Labute approximate surface area is 493 Å². The van der Waals surface area contributed by atoms with Crippen LogP contribution in [0.5, 0.6) is 0 Å². The van der Waals surface area contributed by atoms with Crippen LogP contribution in [0.3, 0.4) is 0 Å². The average Bonchev–Trinajstić information content (AvgIpc) is 3.46. The molecule has 80 heavy (non-hydrogen) atoms. The SMILES string of the molecule is CC/C=C\C/C=C\C/C=C\C/C=C\C/C=C\C/C=C\C/C=C\C/C=C\C/C=C\CCCCCC(=O)OCC(COC(=O)CCCCCCC/C=C\CCCCCCC)OC(=O)CCCCCCCCC/C=C\C/C=C\CCCCC. The molecule has 0 spiro atoms. The van der Waals surface area contributed by atoms with E-state index in [4.69, 9.17) is 14.2 Å². The second-order valence-electron chi connectivity index (χ2n) is 21.3. The zero-order valence-corrected chi connectivity index (χ0v) is 51.8. The lowest BCUT2D eigenvalue weighted by molar-refractivity contribution is -0.167. The molecule has 1 unspecified atom stereocenters. The highest BCUT2D eigenvalue weighted by Crippen LogP contribution is 2.14. The predicted molar refractivity (Wildman–Crippen MR) is 348 cm³/mol. The summed E-state index contributed by atoms with van der Waals surface area (Å²) in [6, 6.07) is 0. The number of allylic oxidation sites excluding steroid dienone is 24. The minimum Gasteiger partial charge on any atom is -0.462 e. The summed E-state index contributed by atoms with van der Waals surface area (Å²) in [4.78, 5) is 38.3. The van der Waals surface area contributed by atoms with Gasteiger partial charge in [0.1, 0.15) is 13.2 Å². The van der Waals surface area contributed by atoms with E-state index in [0.29, 0.717) is 19.3 Å². The van der Waals surface area contributed by atoms with E-state index in [1.165, 1.54) is 96.3 Å². The standard InChI is InChI=1S/C74H120O6/c1-4-7-10-13-16-19-22-25-28-30-31-32-33-34-35-36-37-38-39-40-41-42-43-45-46-49-52-55-58-61-64-67-73(76)79-70-71(69-78-72(75)66-63-60-57-54-51-48-27-24-21-18-15-12-9-6-3)80-74(77)68-65-62-59-56-53-50-47-44-29-26-23-20-17-14-11-8-5-2/h7,10,16-17,19-20,24-29,31-32,34-35,37-38,40-41,43,45,49,52,71H,4-6,8-9,11-15,18,21-23,30,33,36,39,42,44,46-48,50-51,53-70H2,1-3H3/b10-7-,19-16-,20-17-,27-24-,28-25-,29-26-,32-31-,35-34-,38-37-,41-40-,45-43-,52-49-. The lowest BCUT2D eigenvalue weighted by Gasteiger charge is -2.18. The van der Waals surface area contributed by atoms with Gasteiger partial charge < -0.3 is 14.2 Å². The molecular formula is C74H120O6. The fraction of sp³-hybridized carbons (Fsp3) is 0.635. The summed E-state index contributed by atoms with van der Waals surface area (Å²) < 4.78 is 16.9. The number of hydrogen-bond donors (Lipinski definition) is 0. The molecule has 0 heterocycles. The van der Waals surface area contributed by atoms with Gasteiger partial charge in [0.25, 0.3) is 0 Å². The van der Waals surface area contributed by atoms with Gasteiger partial charge >= 0.3 is 17.9 Å². The third-order valence-electron chi connectivity index (χ3n) is 13.5. The summed E-state index contributed by atoms with van der Waals surface area (Å²) >= 11 is 0. The van der Waals surface area contributed by atoms with Crippen molar-refractivity contribution in [2.75, 3.05) is 13.2 Å². The Morgan fingerprint density at radius 3 is 0.812 bits per heavy atom. The Morgan fingerprint density at radius 1 is 0.263 bits per heavy atom. The molecule has 0 aromatic heterocycles. The molecular weight excluding hydrogens is 985 g/mol. The third-order valence-corrected chi connectivity index (χ3v) is 13.5. The lowest BCUT2D eigenvalue weighted by Crippen LogP contribution is -2.30. The van der Waals surface area contributed by atoms with Crippen molar-refractivity contribution in [2.24, 2.45) is 0 Å². The Hall–Kier alpha value is -4.71. The Morgan fingerprint density at radius 2 is 0.487 bits per heavy atom. The fourth-order valence-electron chi connectivity index (χ4n) is 8.64. The van der Waals surface area contributed by atoms with Gasteiger partial charge in [-0.05, 0) is 148 Å². The number of esters is 3. The number of carbonyl (C=O) groups is 3. The fourth-order valence-corrected chi connectivity index (χ4v) is 8.64. The first-order valence-electron chi connectivity index (χ1n) is 32.8. The van der Waals surface area contributed by atoms with Gasteiger partial charge in [0.05, 0.1) is 0 Å². The predicted octanol–water partition coefficient (Wildman–Crippen LogP) is 22.7. The summed E-state index contributed by atoms with van der Waals surface area (Å²) in [6.45, 7) is 6.45. The number of carbonyl (C=O) groups excluding carboxylic acids is 3. The van der Waals surface area contributed by atoms with Crippen LogP contribution in [0.25, 0.3) is 0 Å². The van der Waals surface area contributed by atoms with Crippen LogP contribution < -0.4 is 0 Å². The van der Waals surface area contributed by atoms with Crippen LogP contribution >= 0.6 is 0 Å². The van der Waals surface area contributed by atoms with Crippen LogP contribution in [-0.2, 0) is 28.6 Å². The van der Waals surface area contributed by atoms with Gasteiger partial charge in [-0.3, -0.25) is 14.4 Å². The van der Waals surface area contributed by atoms with Gasteiger partial charge in [0, 0.05) is 19.3 Å². The molecule has 6 heteroatoms. The van der Waals surface area contributed by atoms with Crippen molar-refractivity contribution in [3.8, 4) is 0 Å². The zero-order valence-electron chi connectivity index (χ0n) is 51.8. The van der Waals surface area contributed by atoms with Crippen LogP contribution in [0.1, 0.15) is 284 Å². The molecule has 0 radical (unpaired) electrons. The minimum absolute atomic E-state index is 0.100. The maximum absolute atomic E-state index is 12.9. The molecule has 0 fully saturated rings. The highest BCUT2D eigenvalue weighted by molar-refractivity contribution is 5.71. The maximum Gasteiger partial charge on any atom is 0.306 e. The van der Waals surface area contributed by atoms with E-state index in [1.807, 2.05) is 0 Å². The highest BCUT2D eigenvalue weighted by atomic mass is 16.6. The van der Waals surface area contributed by atoms with Crippen molar-refractivity contribution in [1.29, 1.82) is 0 Å². The number of rotatable bonds is 58. The first kappa shape index (κ1) is 75.3. The van der Waals surface area contributed by atoms with Crippen molar-refractivity contribution in [1.82, 2.24) is 0 Å². The topological polar surface area (TPSA) is 78.9 Å². The van der Waals surface area contributed by atoms with Gasteiger partial charge in [0.2, 0.25) is 0 Å². The average molecular weight is 1110 g/mol. The molecule has 1 atom stereocenters. The molecule has 0 bridgehead atoms. The van der Waals surface area contributed by atoms with Crippen LogP contribution in [0.2, 0.25) is 0 Å². The van der Waals surface area contributed by atoms with Gasteiger partial charge in [-0.1, -0.05) is 263 Å². The van der Waals surface area contributed by atoms with Gasteiger partial charge in [-0.15, -0.1) is 0 Å². The van der Waals surface area contributed by atoms with Crippen molar-refractivity contribution in [2.45, 2.75) is 290 Å². The van der Waals surface area contributed by atoms with Crippen molar-refractivity contribution in [3.05, 3.63) is 146 Å². The normalized spacial score (nSPS) is 13.1. The van der Waals surface area contributed by atoms with Crippen molar-refractivity contribution in [3.63, 3.8) is 0 Å². The van der Waals surface area contributed by atoms with Crippen molar-refractivity contribution < 1.29 is 28.6 Å². The maximum atomic E-state index is 12.9. The van der Waals surface area contributed by atoms with Crippen LogP contribution in [0.15, 0.2) is 146 Å². The van der Waals surface area contributed by atoms with E-state index in [-0.39, 0.29) is 31.1 Å². The van der Waals surface area contributed by atoms with E-state index >= 15 is 0 Å².